The number of nitrogens with two attached hydrogens (primary N) is 1. The highest BCUT2D eigenvalue weighted by Gasteiger charge is 2.17. The van der Waals surface area contributed by atoms with Gasteiger partial charge in [-0.3, -0.25) is 0 Å². The van der Waals surface area contributed by atoms with Gasteiger partial charge in [-0.1, -0.05) is 13.8 Å². The SMILES string of the molecule is Cc1nc(N)nc(N[C@H](C)c2nnc(C(C)C)o2)c1C. The molecule has 0 aliphatic heterocycles. The molecule has 0 spiro atoms. The molecule has 2 rings (SSSR count). The maximum atomic E-state index is 5.67. The molecule has 0 fully saturated rings. The first kappa shape index (κ1) is 14.2. The van der Waals surface area contributed by atoms with Crippen LogP contribution in [0.5, 0.6) is 0 Å². The third kappa shape index (κ3) is 2.87. The lowest BCUT2D eigenvalue weighted by Crippen LogP contribution is -2.12. The van der Waals surface area contributed by atoms with Gasteiger partial charge in [0.25, 0.3) is 0 Å². The van der Waals surface area contributed by atoms with E-state index in [1.807, 2.05) is 34.6 Å². The van der Waals surface area contributed by atoms with Crippen molar-refractivity contribution >= 4 is 11.8 Å². The van der Waals surface area contributed by atoms with Crippen LogP contribution < -0.4 is 11.1 Å². The van der Waals surface area contributed by atoms with Crippen molar-refractivity contribution in [3.05, 3.63) is 23.0 Å². The van der Waals surface area contributed by atoms with Gasteiger partial charge in [-0.25, -0.2) is 4.98 Å². The first-order valence-electron chi connectivity index (χ1n) is 6.59. The van der Waals surface area contributed by atoms with Gasteiger partial charge in [-0.2, -0.15) is 4.98 Å². The molecule has 20 heavy (non-hydrogen) atoms. The minimum Gasteiger partial charge on any atom is -0.423 e. The molecule has 0 saturated heterocycles. The summed E-state index contributed by atoms with van der Waals surface area (Å²) >= 11 is 0. The normalized spacial score (nSPS) is 12.7. The Hall–Kier alpha value is -2.18. The highest BCUT2D eigenvalue weighted by atomic mass is 16.4. The van der Waals surface area contributed by atoms with E-state index in [-0.39, 0.29) is 17.9 Å². The topological polar surface area (TPSA) is 103 Å². The van der Waals surface area contributed by atoms with Crippen molar-refractivity contribution in [1.82, 2.24) is 20.2 Å². The number of nitrogen functional groups attached to an aromatic ring is 1. The van der Waals surface area contributed by atoms with E-state index < -0.39 is 0 Å². The Balaban J connectivity index is 2.20. The van der Waals surface area contributed by atoms with E-state index in [0.717, 1.165) is 11.3 Å². The van der Waals surface area contributed by atoms with Crippen molar-refractivity contribution in [3.63, 3.8) is 0 Å². The fourth-order valence-corrected chi connectivity index (χ4v) is 1.71. The van der Waals surface area contributed by atoms with Crippen molar-refractivity contribution in [1.29, 1.82) is 0 Å². The number of anilines is 2. The van der Waals surface area contributed by atoms with E-state index in [9.17, 15) is 0 Å². The molecule has 0 amide bonds. The number of aryl methyl sites for hydroxylation is 1. The van der Waals surface area contributed by atoms with Crippen LogP contribution in [0, 0.1) is 13.8 Å². The summed E-state index contributed by atoms with van der Waals surface area (Å²) in [7, 11) is 0. The highest BCUT2D eigenvalue weighted by molar-refractivity contribution is 5.49. The van der Waals surface area contributed by atoms with Crippen LogP contribution in [0.15, 0.2) is 4.42 Å². The quantitative estimate of drug-likeness (QED) is 0.883. The van der Waals surface area contributed by atoms with E-state index in [1.165, 1.54) is 0 Å². The third-order valence-electron chi connectivity index (χ3n) is 3.08. The summed E-state index contributed by atoms with van der Waals surface area (Å²) in [6.07, 6.45) is 0. The van der Waals surface area contributed by atoms with Crippen molar-refractivity contribution < 1.29 is 4.42 Å². The Morgan fingerprint density at radius 2 is 1.70 bits per heavy atom. The van der Waals surface area contributed by atoms with Gasteiger partial charge in [0, 0.05) is 17.2 Å². The summed E-state index contributed by atoms with van der Waals surface area (Å²) < 4.78 is 5.62. The second-order valence-corrected chi connectivity index (χ2v) is 5.14. The summed E-state index contributed by atoms with van der Waals surface area (Å²) in [6, 6.07) is -0.151. The van der Waals surface area contributed by atoms with E-state index >= 15 is 0 Å². The predicted molar refractivity (Wildman–Crippen MR) is 76.3 cm³/mol. The molecule has 0 aliphatic rings. The number of nitrogens with zero attached hydrogens (tertiary/aromatic N) is 4. The Kier molecular flexibility index (Phi) is 3.87. The molecule has 108 valence electrons. The molecule has 0 radical (unpaired) electrons. The first-order chi connectivity index (χ1) is 9.38. The summed E-state index contributed by atoms with van der Waals surface area (Å²) in [5.74, 6) is 2.30. The van der Waals surface area contributed by atoms with Crippen LogP contribution in [0.25, 0.3) is 0 Å². The summed E-state index contributed by atoms with van der Waals surface area (Å²) in [5.41, 5.74) is 7.47. The van der Waals surface area contributed by atoms with Crippen LogP contribution in [0.3, 0.4) is 0 Å². The van der Waals surface area contributed by atoms with Gasteiger partial charge in [-0.15, -0.1) is 10.2 Å². The molecular formula is C13H20N6O. The van der Waals surface area contributed by atoms with Crippen LogP contribution in [0.1, 0.15) is 55.8 Å². The molecule has 0 aromatic carbocycles. The van der Waals surface area contributed by atoms with E-state index in [4.69, 9.17) is 10.2 Å². The van der Waals surface area contributed by atoms with Crippen LogP contribution in [-0.4, -0.2) is 20.2 Å². The van der Waals surface area contributed by atoms with E-state index in [2.05, 4.69) is 25.5 Å². The highest BCUT2D eigenvalue weighted by Crippen LogP contribution is 2.23. The predicted octanol–water partition coefficient (Wildman–Crippen LogP) is 2.36. The number of hydrogen-bond donors (Lipinski definition) is 2. The lowest BCUT2D eigenvalue weighted by Gasteiger charge is -2.14. The second kappa shape index (κ2) is 5.44. The zero-order chi connectivity index (χ0) is 14.9. The van der Waals surface area contributed by atoms with Crippen molar-refractivity contribution in [2.24, 2.45) is 0 Å². The Morgan fingerprint density at radius 1 is 1.05 bits per heavy atom. The van der Waals surface area contributed by atoms with Gasteiger partial charge in [0.05, 0.1) is 0 Å². The summed E-state index contributed by atoms with van der Waals surface area (Å²) in [6.45, 7) is 9.79. The van der Waals surface area contributed by atoms with Crippen molar-refractivity contribution in [2.75, 3.05) is 11.1 Å². The Labute approximate surface area is 118 Å². The van der Waals surface area contributed by atoms with Gasteiger partial charge in [0.2, 0.25) is 17.7 Å². The molecular weight excluding hydrogens is 256 g/mol. The minimum absolute atomic E-state index is 0.151. The molecule has 3 N–H and O–H groups in total. The molecule has 1 atom stereocenters. The molecule has 2 aromatic rings. The molecule has 7 nitrogen and oxygen atoms in total. The molecule has 0 bridgehead atoms. The standard InChI is InChI=1S/C13H20N6O/c1-6(2)11-18-19-12(20-11)9(5)15-10-7(3)8(4)16-13(14)17-10/h6,9H,1-5H3,(H3,14,15,16,17)/t9-/m1/s1. The number of rotatable bonds is 4. The van der Waals surface area contributed by atoms with Crippen LogP contribution in [0.2, 0.25) is 0 Å². The number of hydrogen-bond acceptors (Lipinski definition) is 7. The van der Waals surface area contributed by atoms with E-state index in [0.29, 0.717) is 17.6 Å². The van der Waals surface area contributed by atoms with Gasteiger partial charge < -0.3 is 15.5 Å². The van der Waals surface area contributed by atoms with Crippen LogP contribution >= 0.6 is 0 Å². The Morgan fingerprint density at radius 3 is 2.30 bits per heavy atom. The van der Waals surface area contributed by atoms with Crippen molar-refractivity contribution in [3.8, 4) is 0 Å². The minimum atomic E-state index is -0.151. The lowest BCUT2D eigenvalue weighted by molar-refractivity contribution is 0.419. The average molecular weight is 276 g/mol. The monoisotopic (exact) mass is 276 g/mol. The molecule has 7 heteroatoms. The molecule has 2 heterocycles. The van der Waals surface area contributed by atoms with Gasteiger partial charge in [0.15, 0.2) is 0 Å². The van der Waals surface area contributed by atoms with Crippen molar-refractivity contribution in [2.45, 2.75) is 46.6 Å². The maximum absolute atomic E-state index is 5.67. The zero-order valence-corrected chi connectivity index (χ0v) is 12.4. The smallest absolute Gasteiger partial charge is 0.238 e. The lowest BCUT2D eigenvalue weighted by atomic mass is 10.2. The zero-order valence-electron chi connectivity index (χ0n) is 12.4. The Bertz CT molecular complexity index is 607. The fraction of sp³-hybridized carbons (Fsp3) is 0.538. The molecule has 0 aliphatic carbocycles. The maximum Gasteiger partial charge on any atom is 0.238 e. The molecule has 0 unspecified atom stereocenters. The van der Waals surface area contributed by atoms with Gasteiger partial charge in [0.1, 0.15) is 11.9 Å². The van der Waals surface area contributed by atoms with Crippen LogP contribution in [-0.2, 0) is 0 Å². The first-order valence-corrected chi connectivity index (χ1v) is 6.59. The van der Waals surface area contributed by atoms with Crippen LogP contribution in [0.4, 0.5) is 11.8 Å². The van der Waals surface area contributed by atoms with Gasteiger partial charge in [-0.05, 0) is 20.8 Å². The third-order valence-corrected chi connectivity index (χ3v) is 3.08. The van der Waals surface area contributed by atoms with E-state index in [1.54, 1.807) is 0 Å². The molecule has 2 aromatic heterocycles. The number of nitrogens with one attached hydrogen (secondary N) is 1. The summed E-state index contributed by atoms with van der Waals surface area (Å²) in [5, 5.41) is 11.3. The molecule has 0 saturated carbocycles. The second-order valence-electron chi connectivity index (χ2n) is 5.14. The average Bonchev–Trinajstić information content (AvgIpc) is 2.85. The number of aromatic nitrogens is 4. The summed E-state index contributed by atoms with van der Waals surface area (Å²) in [4.78, 5) is 8.32. The fourth-order valence-electron chi connectivity index (χ4n) is 1.71. The van der Waals surface area contributed by atoms with Gasteiger partial charge >= 0.3 is 0 Å². The largest absolute Gasteiger partial charge is 0.423 e.